The van der Waals surface area contributed by atoms with Crippen molar-refractivity contribution in [2.24, 2.45) is 5.41 Å². The molecule has 1 aliphatic rings. The fourth-order valence-electron chi connectivity index (χ4n) is 1.51. The molecule has 0 atom stereocenters. The van der Waals surface area contributed by atoms with Gasteiger partial charge in [-0.25, -0.2) is 4.79 Å². The summed E-state index contributed by atoms with van der Waals surface area (Å²) in [5, 5.41) is 10.9. The maximum absolute atomic E-state index is 11.7. The van der Waals surface area contributed by atoms with Crippen LogP contribution >= 0.6 is 0 Å². The van der Waals surface area contributed by atoms with Crippen molar-refractivity contribution in [2.45, 2.75) is 25.4 Å². The average Bonchev–Trinajstić information content (AvgIpc) is 2.11. The van der Waals surface area contributed by atoms with Crippen LogP contribution in [0.5, 0.6) is 0 Å². The lowest BCUT2D eigenvalue weighted by Gasteiger charge is -2.37. The van der Waals surface area contributed by atoms with Crippen molar-refractivity contribution in [3.05, 3.63) is 0 Å². The number of carbonyl (C=O) groups is 2. The fraction of sp³-hybridized carbons (Fsp3) is 0.778. The van der Waals surface area contributed by atoms with Gasteiger partial charge in [0.1, 0.15) is 0 Å². The summed E-state index contributed by atoms with van der Waals surface area (Å²) in [5.41, 5.74) is -1.04. The van der Waals surface area contributed by atoms with Gasteiger partial charge >= 0.3 is 18.2 Å². The van der Waals surface area contributed by atoms with Crippen LogP contribution in [-0.2, 0) is 9.53 Å². The summed E-state index contributed by atoms with van der Waals surface area (Å²) in [6.07, 6.45) is -4.30. The summed E-state index contributed by atoms with van der Waals surface area (Å²) in [7, 11) is 0. The van der Waals surface area contributed by atoms with E-state index in [2.05, 4.69) is 4.74 Å². The number of rotatable bonds is 4. The predicted octanol–water partition coefficient (Wildman–Crippen LogP) is 1.53. The molecule has 0 aromatic heterocycles. The number of carboxylic acid groups (broad SMARTS) is 1. The number of alkyl carbamates (subject to hydrolysis) is 1. The number of hydrogen-bond donors (Lipinski definition) is 2. The number of nitrogens with one attached hydrogen (secondary N) is 1. The Bertz CT molecular complexity index is 312. The number of halogens is 3. The van der Waals surface area contributed by atoms with Crippen LogP contribution in [0.1, 0.15) is 19.3 Å². The van der Waals surface area contributed by atoms with Crippen molar-refractivity contribution in [3.8, 4) is 0 Å². The molecule has 0 radical (unpaired) electrons. The van der Waals surface area contributed by atoms with Gasteiger partial charge in [-0.05, 0) is 12.8 Å². The molecule has 0 spiro atoms. The van der Waals surface area contributed by atoms with E-state index in [0.29, 0.717) is 12.8 Å². The molecule has 1 saturated carbocycles. The zero-order chi connectivity index (χ0) is 13.1. The van der Waals surface area contributed by atoms with E-state index < -0.39 is 30.3 Å². The SMILES string of the molecule is O=C(NCC1(C(=O)O)CCC1)OCC(F)(F)F. The number of amides is 1. The first-order chi connectivity index (χ1) is 7.75. The van der Waals surface area contributed by atoms with Crippen molar-refractivity contribution in [2.75, 3.05) is 13.2 Å². The minimum atomic E-state index is -4.59. The van der Waals surface area contributed by atoms with Gasteiger partial charge in [0, 0.05) is 6.54 Å². The zero-order valence-corrected chi connectivity index (χ0v) is 8.84. The summed E-state index contributed by atoms with van der Waals surface area (Å²) < 4.78 is 39.0. The normalized spacial score (nSPS) is 18.1. The molecule has 1 amide bonds. The van der Waals surface area contributed by atoms with Gasteiger partial charge in [-0.2, -0.15) is 13.2 Å². The van der Waals surface area contributed by atoms with Crippen LogP contribution in [0, 0.1) is 5.41 Å². The summed E-state index contributed by atoms with van der Waals surface area (Å²) in [5.74, 6) is -1.06. The molecule has 2 N–H and O–H groups in total. The molecule has 0 aliphatic heterocycles. The standard InChI is InChI=1S/C9H12F3NO4/c10-9(11,12)5-17-7(16)13-4-8(6(14)15)2-1-3-8/h1-5H2,(H,13,16)(H,14,15). The molecule has 1 aliphatic carbocycles. The van der Waals surface area contributed by atoms with Gasteiger partial charge in [0.25, 0.3) is 0 Å². The highest BCUT2D eigenvalue weighted by molar-refractivity contribution is 5.77. The van der Waals surface area contributed by atoms with Crippen LogP contribution in [0.15, 0.2) is 0 Å². The van der Waals surface area contributed by atoms with Gasteiger partial charge < -0.3 is 15.2 Å². The van der Waals surface area contributed by atoms with Gasteiger partial charge in [-0.15, -0.1) is 0 Å². The van der Waals surface area contributed by atoms with Crippen LogP contribution in [-0.4, -0.2) is 36.5 Å². The Labute approximate surface area is 94.9 Å². The molecular weight excluding hydrogens is 243 g/mol. The first-order valence-electron chi connectivity index (χ1n) is 4.96. The number of hydrogen-bond acceptors (Lipinski definition) is 3. The second-order valence-corrected chi connectivity index (χ2v) is 3.98. The molecule has 0 saturated heterocycles. The number of aliphatic carboxylic acids is 1. The van der Waals surface area contributed by atoms with E-state index in [4.69, 9.17) is 5.11 Å². The summed E-state index contributed by atoms with van der Waals surface area (Å²) >= 11 is 0. The van der Waals surface area contributed by atoms with Crippen molar-refractivity contribution < 1.29 is 32.6 Å². The van der Waals surface area contributed by atoms with Gasteiger partial charge in [0.15, 0.2) is 6.61 Å². The van der Waals surface area contributed by atoms with Crippen LogP contribution in [0.3, 0.4) is 0 Å². The highest BCUT2D eigenvalue weighted by Crippen LogP contribution is 2.40. The number of carboxylic acids is 1. The van der Waals surface area contributed by atoms with E-state index in [-0.39, 0.29) is 6.54 Å². The van der Waals surface area contributed by atoms with E-state index in [1.54, 1.807) is 0 Å². The van der Waals surface area contributed by atoms with Gasteiger partial charge in [0.2, 0.25) is 0 Å². The molecule has 0 heterocycles. The Morgan fingerprint density at radius 2 is 1.94 bits per heavy atom. The predicted molar refractivity (Wildman–Crippen MR) is 49.3 cm³/mol. The largest absolute Gasteiger partial charge is 0.481 e. The highest BCUT2D eigenvalue weighted by atomic mass is 19.4. The number of ether oxygens (including phenoxy) is 1. The molecule has 98 valence electrons. The lowest BCUT2D eigenvalue weighted by Crippen LogP contribution is -2.47. The third kappa shape index (κ3) is 3.79. The van der Waals surface area contributed by atoms with Crippen molar-refractivity contribution in [1.82, 2.24) is 5.32 Å². The molecule has 17 heavy (non-hydrogen) atoms. The summed E-state index contributed by atoms with van der Waals surface area (Å²) in [6, 6.07) is 0. The van der Waals surface area contributed by atoms with Crippen molar-refractivity contribution in [3.63, 3.8) is 0 Å². The van der Waals surface area contributed by atoms with Crippen molar-refractivity contribution in [1.29, 1.82) is 0 Å². The van der Waals surface area contributed by atoms with E-state index in [1.165, 1.54) is 0 Å². The second kappa shape index (κ2) is 4.80. The monoisotopic (exact) mass is 255 g/mol. The maximum atomic E-state index is 11.7. The van der Waals surface area contributed by atoms with Crippen LogP contribution in [0.4, 0.5) is 18.0 Å². The highest BCUT2D eigenvalue weighted by Gasteiger charge is 2.44. The van der Waals surface area contributed by atoms with Crippen LogP contribution < -0.4 is 5.32 Å². The fourth-order valence-corrected chi connectivity index (χ4v) is 1.51. The second-order valence-electron chi connectivity index (χ2n) is 3.98. The van der Waals surface area contributed by atoms with Gasteiger partial charge in [0.05, 0.1) is 5.41 Å². The molecular formula is C9H12F3NO4. The molecule has 0 unspecified atom stereocenters. The molecule has 1 rings (SSSR count). The Morgan fingerprint density at radius 3 is 2.29 bits per heavy atom. The molecule has 0 aromatic rings. The molecule has 5 nitrogen and oxygen atoms in total. The smallest absolute Gasteiger partial charge is 0.422 e. The lowest BCUT2D eigenvalue weighted by molar-refractivity contribution is -0.161. The first kappa shape index (κ1) is 13.6. The quantitative estimate of drug-likeness (QED) is 0.798. The third-order valence-corrected chi connectivity index (χ3v) is 2.70. The third-order valence-electron chi connectivity index (χ3n) is 2.70. The average molecular weight is 255 g/mol. The van der Waals surface area contributed by atoms with E-state index in [0.717, 1.165) is 6.42 Å². The Morgan fingerprint density at radius 1 is 1.35 bits per heavy atom. The van der Waals surface area contributed by atoms with Crippen LogP contribution in [0.25, 0.3) is 0 Å². The van der Waals surface area contributed by atoms with Crippen LogP contribution in [0.2, 0.25) is 0 Å². The first-order valence-corrected chi connectivity index (χ1v) is 4.96. The molecule has 8 heteroatoms. The molecule has 0 aromatic carbocycles. The number of alkyl halides is 3. The Kier molecular flexibility index (Phi) is 3.84. The van der Waals surface area contributed by atoms with Crippen molar-refractivity contribution >= 4 is 12.1 Å². The lowest BCUT2D eigenvalue weighted by atomic mass is 9.69. The molecule has 0 bridgehead atoms. The Hall–Kier alpha value is -1.47. The zero-order valence-electron chi connectivity index (χ0n) is 8.84. The molecule has 1 fully saturated rings. The summed E-state index contributed by atoms with van der Waals surface area (Å²) in [4.78, 5) is 21.7. The maximum Gasteiger partial charge on any atom is 0.422 e. The van der Waals surface area contributed by atoms with E-state index in [1.807, 2.05) is 5.32 Å². The van der Waals surface area contributed by atoms with Gasteiger partial charge in [-0.3, -0.25) is 4.79 Å². The van der Waals surface area contributed by atoms with E-state index in [9.17, 15) is 22.8 Å². The Balaban J connectivity index is 2.30. The van der Waals surface area contributed by atoms with Gasteiger partial charge in [-0.1, -0.05) is 6.42 Å². The minimum absolute atomic E-state index is 0.209. The minimum Gasteiger partial charge on any atom is -0.481 e. The topological polar surface area (TPSA) is 75.6 Å². The summed E-state index contributed by atoms with van der Waals surface area (Å²) in [6.45, 7) is -1.89. The number of carbonyl (C=O) groups excluding carboxylic acids is 1. The van der Waals surface area contributed by atoms with E-state index >= 15 is 0 Å².